The van der Waals surface area contributed by atoms with E-state index in [9.17, 15) is 4.39 Å². The van der Waals surface area contributed by atoms with Gasteiger partial charge in [-0.3, -0.25) is 0 Å². The van der Waals surface area contributed by atoms with E-state index < -0.39 is 0 Å². The number of rotatable bonds is 0. The van der Waals surface area contributed by atoms with Gasteiger partial charge in [0.15, 0.2) is 0 Å². The molecule has 0 bridgehead atoms. The van der Waals surface area contributed by atoms with Gasteiger partial charge in [-0.2, -0.15) is 0 Å². The lowest BCUT2D eigenvalue weighted by molar-refractivity contribution is 0.626. The third-order valence-electron chi connectivity index (χ3n) is 2.43. The third kappa shape index (κ3) is 2.81. The summed E-state index contributed by atoms with van der Waals surface area (Å²) in [6.45, 7) is 6.12. The van der Waals surface area contributed by atoms with E-state index in [0.717, 1.165) is 16.3 Å². The molecule has 0 amide bonds. The summed E-state index contributed by atoms with van der Waals surface area (Å²) in [6, 6.07) is 6.65. The highest BCUT2D eigenvalue weighted by molar-refractivity contribution is 5.93. The molecule has 0 radical (unpaired) electrons. The monoisotopic (exact) mass is 243 g/mol. The Labute approximate surface area is 108 Å². The molecule has 0 aliphatic carbocycles. The van der Waals surface area contributed by atoms with Crippen LogP contribution in [0.5, 0.6) is 0 Å². The van der Waals surface area contributed by atoms with Gasteiger partial charge in [-0.05, 0) is 36.1 Å². The zero-order valence-corrected chi connectivity index (χ0v) is 11.0. The van der Waals surface area contributed by atoms with Gasteiger partial charge >= 0.3 is 0 Å². The van der Waals surface area contributed by atoms with Crippen LogP contribution in [0.3, 0.4) is 0 Å². The molecule has 18 heavy (non-hydrogen) atoms. The topological polar surface area (TPSA) is 26.0 Å². The van der Waals surface area contributed by atoms with E-state index in [1.54, 1.807) is 18.2 Å². The number of nitrogen functional groups attached to an aromatic ring is 1. The molecule has 0 fully saturated rings. The zero-order chi connectivity index (χ0) is 13.7. The first-order valence-corrected chi connectivity index (χ1v) is 6.00. The number of anilines is 1. The standard InChI is InChI=1S/C13H10FN.C3H8/c1-3-11-12(14)5-4-9-7-10(15)6-8(2)13(9)11;1-3-2/h1,4-7H,15H2,2H3;3H2,1-2H3. The Morgan fingerprint density at radius 1 is 1.28 bits per heavy atom. The molecule has 2 N–H and O–H groups in total. The second kappa shape index (κ2) is 6.07. The van der Waals surface area contributed by atoms with E-state index in [1.165, 1.54) is 12.5 Å². The maximum atomic E-state index is 13.4. The predicted molar refractivity (Wildman–Crippen MR) is 77.0 cm³/mol. The van der Waals surface area contributed by atoms with Crippen LogP contribution in [0, 0.1) is 25.1 Å². The molecule has 0 atom stereocenters. The van der Waals surface area contributed by atoms with Gasteiger partial charge in [0.1, 0.15) is 5.82 Å². The van der Waals surface area contributed by atoms with Gasteiger partial charge in [0.25, 0.3) is 0 Å². The van der Waals surface area contributed by atoms with E-state index in [1.807, 2.05) is 6.92 Å². The quantitative estimate of drug-likeness (QED) is 0.543. The van der Waals surface area contributed by atoms with Crippen LogP contribution in [-0.4, -0.2) is 0 Å². The van der Waals surface area contributed by atoms with Crippen molar-refractivity contribution in [3.8, 4) is 12.3 Å². The molecular formula is C16H18FN. The van der Waals surface area contributed by atoms with E-state index in [-0.39, 0.29) is 5.82 Å². The summed E-state index contributed by atoms with van der Waals surface area (Å²) >= 11 is 0. The van der Waals surface area contributed by atoms with E-state index in [4.69, 9.17) is 12.2 Å². The van der Waals surface area contributed by atoms with Crippen molar-refractivity contribution in [2.24, 2.45) is 0 Å². The molecule has 2 aromatic carbocycles. The summed E-state index contributed by atoms with van der Waals surface area (Å²) in [5, 5.41) is 1.65. The van der Waals surface area contributed by atoms with Crippen molar-refractivity contribution in [2.45, 2.75) is 27.2 Å². The summed E-state index contributed by atoms with van der Waals surface area (Å²) in [7, 11) is 0. The minimum absolute atomic E-state index is 0.310. The minimum Gasteiger partial charge on any atom is -0.399 e. The highest BCUT2D eigenvalue weighted by Crippen LogP contribution is 2.26. The molecule has 0 aliphatic rings. The molecule has 0 heterocycles. The number of hydrogen-bond acceptors (Lipinski definition) is 1. The lowest BCUT2D eigenvalue weighted by Crippen LogP contribution is -1.92. The van der Waals surface area contributed by atoms with Crippen molar-refractivity contribution < 1.29 is 4.39 Å². The molecule has 1 nitrogen and oxygen atoms in total. The molecule has 0 aromatic heterocycles. The van der Waals surface area contributed by atoms with Crippen molar-refractivity contribution in [1.82, 2.24) is 0 Å². The normalized spacial score (nSPS) is 9.50. The molecule has 0 aliphatic heterocycles. The van der Waals surface area contributed by atoms with Gasteiger partial charge < -0.3 is 5.73 Å². The fraction of sp³-hybridized carbons (Fsp3) is 0.250. The fourth-order valence-corrected chi connectivity index (χ4v) is 1.82. The highest BCUT2D eigenvalue weighted by Gasteiger charge is 2.08. The second-order valence-electron chi connectivity index (χ2n) is 4.21. The Bertz CT molecular complexity index is 594. The van der Waals surface area contributed by atoms with Crippen molar-refractivity contribution in [3.63, 3.8) is 0 Å². The summed E-state index contributed by atoms with van der Waals surface area (Å²) in [5.41, 5.74) is 7.58. The van der Waals surface area contributed by atoms with Crippen LogP contribution < -0.4 is 5.73 Å². The van der Waals surface area contributed by atoms with Crippen LogP contribution in [0.25, 0.3) is 10.8 Å². The second-order valence-corrected chi connectivity index (χ2v) is 4.21. The average Bonchev–Trinajstić information content (AvgIpc) is 2.30. The SMILES string of the molecule is C#Cc1c(F)ccc2cc(N)cc(C)c12.CCC. The molecule has 0 spiro atoms. The number of hydrogen-bond donors (Lipinski definition) is 1. The van der Waals surface area contributed by atoms with Crippen LogP contribution in [0.4, 0.5) is 10.1 Å². The Morgan fingerprint density at radius 2 is 1.89 bits per heavy atom. The van der Waals surface area contributed by atoms with Crippen LogP contribution in [-0.2, 0) is 0 Å². The van der Waals surface area contributed by atoms with Crippen molar-refractivity contribution >= 4 is 16.5 Å². The fourth-order valence-electron chi connectivity index (χ4n) is 1.82. The van der Waals surface area contributed by atoms with Gasteiger partial charge in [0.2, 0.25) is 0 Å². The summed E-state index contributed by atoms with van der Waals surface area (Å²) in [5.74, 6) is 2.02. The first-order chi connectivity index (χ1) is 8.54. The molecule has 0 saturated heterocycles. The van der Waals surface area contributed by atoms with E-state index >= 15 is 0 Å². The van der Waals surface area contributed by atoms with Gasteiger partial charge in [-0.1, -0.05) is 32.3 Å². The molecule has 2 rings (SSSR count). The first kappa shape index (κ1) is 14.1. The molecular weight excluding hydrogens is 225 g/mol. The first-order valence-electron chi connectivity index (χ1n) is 6.00. The molecule has 94 valence electrons. The average molecular weight is 243 g/mol. The minimum atomic E-state index is -0.363. The van der Waals surface area contributed by atoms with E-state index in [0.29, 0.717) is 11.3 Å². The number of halogens is 1. The lowest BCUT2D eigenvalue weighted by atomic mass is 9.99. The molecule has 2 heteroatoms. The van der Waals surface area contributed by atoms with Gasteiger partial charge in [0.05, 0.1) is 5.56 Å². The van der Waals surface area contributed by atoms with Crippen LogP contribution in [0.2, 0.25) is 0 Å². The summed E-state index contributed by atoms with van der Waals surface area (Å²) in [4.78, 5) is 0. The van der Waals surface area contributed by atoms with E-state index in [2.05, 4.69) is 19.8 Å². The largest absolute Gasteiger partial charge is 0.399 e. The zero-order valence-electron chi connectivity index (χ0n) is 11.0. The molecule has 2 aromatic rings. The van der Waals surface area contributed by atoms with Crippen LogP contribution in [0.1, 0.15) is 31.4 Å². The van der Waals surface area contributed by atoms with Gasteiger partial charge in [0, 0.05) is 11.1 Å². The van der Waals surface area contributed by atoms with Crippen molar-refractivity contribution in [3.05, 3.63) is 41.2 Å². The van der Waals surface area contributed by atoms with Gasteiger partial charge in [-0.25, -0.2) is 4.39 Å². The number of aryl methyl sites for hydroxylation is 1. The maximum absolute atomic E-state index is 13.4. The van der Waals surface area contributed by atoms with Crippen LogP contribution >= 0.6 is 0 Å². The summed E-state index contributed by atoms with van der Waals surface area (Å²) in [6.07, 6.45) is 6.55. The molecule has 0 saturated carbocycles. The van der Waals surface area contributed by atoms with Gasteiger partial charge in [-0.15, -0.1) is 6.42 Å². The van der Waals surface area contributed by atoms with Crippen LogP contribution in [0.15, 0.2) is 24.3 Å². The maximum Gasteiger partial charge on any atom is 0.139 e. The molecule has 0 unspecified atom stereocenters. The summed E-state index contributed by atoms with van der Waals surface area (Å²) < 4.78 is 13.4. The predicted octanol–water partition coefficient (Wildman–Crippen LogP) is 4.27. The van der Waals surface area contributed by atoms with Crippen molar-refractivity contribution in [2.75, 3.05) is 5.73 Å². The number of terminal acetylenes is 1. The smallest absolute Gasteiger partial charge is 0.139 e. The Balaban J connectivity index is 0.000000492. The Kier molecular flexibility index (Phi) is 4.74. The number of benzene rings is 2. The number of fused-ring (bicyclic) bond motifs is 1. The van der Waals surface area contributed by atoms with Crippen molar-refractivity contribution in [1.29, 1.82) is 0 Å². The Morgan fingerprint density at radius 3 is 2.44 bits per heavy atom. The Hall–Kier alpha value is -2.01. The lowest BCUT2D eigenvalue weighted by Gasteiger charge is -2.07. The third-order valence-corrected chi connectivity index (χ3v) is 2.43. The number of nitrogens with two attached hydrogens (primary N) is 1. The highest BCUT2D eigenvalue weighted by atomic mass is 19.1.